The van der Waals surface area contributed by atoms with Gasteiger partial charge in [-0.1, -0.05) is 0 Å². The van der Waals surface area contributed by atoms with Crippen molar-refractivity contribution >= 4 is 26.7 Å². The van der Waals surface area contributed by atoms with E-state index in [1.165, 1.54) is 29.6 Å². The summed E-state index contributed by atoms with van der Waals surface area (Å²) >= 11 is 0. The Morgan fingerprint density at radius 2 is 1.88 bits per heavy atom. The number of hydrogen-bond acceptors (Lipinski definition) is 8. The van der Waals surface area contributed by atoms with Gasteiger partial charge in [-0.3, -0.25) is 10.1 Å². The molecule has 1 aliphatic rings. The molecule has 168 valence electrons. The fourth-order valence-electron chi connectivity index (χ4n) is 3.61. The number of sulfonamides is 1. The van der Waals surface area contributed by atoms with E-state index in [-0.39, 0.29) is 22.8 Å². The average molecular weight is 460 g/mol. The van der Waals surface area contributed by atoms with E-state index in [4.69, 9.17) is 13.9 Å². The fraction of sp³-hybridized carbons (Fsp3) is 0.286. The lowest BCUT2D eigenvalue weighted by molar-refractivity contribution is -0.386. The van der Waals surface area contributed by atoms with Crippen LogP contribution in [0.25, 0.3) is 11.0 Å². The van der Waals surface area contributed by atoms with Crippen LogP contribution in [0.3, 0.4) is 0 Å². The van der Waals surface area contributed by atoms with Crippen molar-refractivity contribution in [2.75, 3.05) is 20.2 Å². The van der Waals surface area contributed by atoms with Gasteiger partial charge in [0.15, 0.2) is 5.75 Å². The summed E-state index contributed by atoms with van der Waals surface area (Å²) in [5.41, 5.74) is -0.330. The van der Waals surface area contributed by atoms with E-state index >= 15 is 0 Å². The smallest absolute Gasteiger partial charge is 0.336 e. The molecule has 0 atom stereocenters. The highest BCUT2D eigenvalue weighted by Crippen LogP contribution is 2.33. The predicted octanol–water partition coefficient (Wildman–Crippen LogP) is 3.07. The number of hydrogen-bond donors (Lipinski definition) is 0. The Morgan fingerprint density at radius 1 is 1.12 bits per heavy atom. The number of nitrogens with zero attached hydrogens (tertiary/aromatic N) is 2. The Bertz CT molecular complexity index is 1340. The standard InChI is InChI=1S/C21H20N2O8S/c1-29-15-4-6-17-14(10-21(24)31-20(17)11-15)13-30-19-7-5-16(12-18(19)23(25)26)32(27,28)22-8-2-3-9-22/h4-7,10-12H,2-3,8-9,13H2,1H3. The van der Waals surface area contributed by atoms with E-state index < -0.39 is 26.3 Å². The summed E-state index contributed by atoms with van der Waals surface area (Å²) in [7, 11) is -2.33. The Kier molecular flexibility index (Phi) is 5.85. The molecule has 2 aromatic carbocycles. The molecule has 0 saturated carbocycles. The van der Waals surface area contributed by atoms with Gasteiger partial charge in [0.05, 0.1) is 16.9 Å². The van der Waals surface area contributed by atoms with E-state index in [9.17, 15) is 23.3 Å². The van der Waals surface area contributed by atoms with Crippen molar-refractivity contribution in [1.82, 2.24) is 4.31 Å². The largest absolute Gasteiger partial charge is 0.497 e. The lowest BCUT2D eigenvalue weighted by Gasteiger charge is -2.16. The van der Waals surface area contributed by atoms with E-state index in [0.29, 0.717) is 29.8 Å². The lowest BCUT2D eigenvalue weighted by Crippen LogP contribution is -2.27. The molecule has 32 heavy (non-hydrogen) atoms. The van der Waals surface area contributed by atoms with Crippen LogP contribution < -0.4 is 15.1 Å². The van der Waals surface area contributed by atoms with Crippen LogP contribution in [0.15, 0.2) is 56.6 Å². The number of methoxy groups -OCH3 is 1. The molecule has 3 aromatic rings. The summed E-state index contributed by atoms with van der Waals surface area (Å²) in [6.45, 7) is 0.624. The SMILES string of the molecule is COc1ccc2c(COc3ccc(S(=O)(=O)N4CCCC4)cc3[N+](=O)[O-])cc(=O)oc2c1. The van der Waals surface area contributed by atoms with Crippen molar-refractivity contribution in [2.45, 2.75) is 24.3 Å². The van der Waals surface area contributed by atoms with E-state index in [0.717, 1.165) is 18.9 Å². The zero-order valence-corrected chi connectivity index (χ0v) is 18.0. The molecule has 1 saturated heterocycles. The topological polar surface area (TPSA) is 129 Å². The second-order valence-electron chi connectivity index (χ2n) is 7.24. The molecular formula is C21H20N2O8S. The second-order valence-corrected chi connectivity index (χ2v) is 9.18. The first-order valence-corrected chi connectivity index (χ1v) is 11.3. The third kappa shape index (κ3) is 4.16. The van der Waals surface area contributed by atoms with Gasteiger partial charge in [0, 0.05) is 42.2 Å². The molecule has 0 spiro atoms. The van der Waals surface area contributed by atoms with Gasteiger partial charge in [-0.25, -0.2) is 13.2 Å². The molecule has 0 aliphatic carbocycles. The Morgan fingerprint density at radius 3 is 2.56 bits per heavy atom. The number of rotatable bonds is 7. The zero-order chi connectivity index (χ0) is 22.9. The van der Waals surface area contributed by atoms with Crippen molar-refractivity contribution in [3.63, 3.8) is 0 Å². The minimum absolute atomic E-state index is 0.106. The minimum atomic E-state index is -3.81. The van der Waals surface area contributed by atoms with Gasteiger partial charge in [-0.05, 0) is 37.1 Å². The first-order chi connectivity index (χ1) is 15.3. The number of nitro benzene ring substituents is 1. The van der Waals surface area contributed by atoms with Crippen LogP contribution in [-0.2, 0) is 16.6 Å². The predicted molar refractivity (Wildman–Crippen MR) is 114 cm³/mol. The molecule has 1 aromatic heterocycles. The molecule has 0 amide bonds. The van der Waals surface area contributed by atoms with Gasteiger partial charge in [-0.2, -0.15) is 4.31 Å². The normalized spacial score (nSPS) is 14.5. The summed E-state index contributed by atoms with van der Waals surface area (Å²) in [6.07, 6.45) is 1.51. The molecule has 2 heterocycles. The minimum Gasteiger partial charge on any atom is -0.497 e. The van der Waals surface area contributed by atoms with Gasteiger partial charge in [0.25, 0.3) is 0 Å². The molecule has 1 fully saturated rings. The third-order valence-corrected chi connectivity index (χ3v) is 7.15. The van der Waals surface area contributed by atoms with E-state index in [2.05, 4.69) is 0 Å². The molecule has 10 nitrogen and oxygen atoms in total. The maximum Gasteiger partial charge on any atom is 0.336 e. The second kappa shape index (κ2) is 8.60. The fourth-order valence-corrected chi connectivity index (χ4v) is 5.15. The Labute approximate surface area is 183 Å². The van der Waals surface area contributed by atoms with Gasteiger partial charge in [0.2, 0.25) is 10.0 Å². The van der Waals surface area contributed by atoms with Crippen LogP contribution in [0.1, 0.15) is 18.4 Å². The number of benzene rings is 2. The summed E-state index contributed by atoms with van der Waals surface area (Å²) in [5, 5.41) is 12.2. The molecule has 0 radical (unpaired) electrons. The van der Waals surface area contributed by atoms with Gasteiger partial charge < -0.3 is 13.9 Å². The van der Waals surface area contributed by atoms with Crippen LogP contribution in [-0.4, -0.2) is 37.8 Å². The van der Waals surface area contributed by atoms with E-state index in [1.807, 2.05) is 0 Å². The Balaban J connectivity index is 1.65. The number of fused-ring (bicyclic) bond motifs is 1. The number of ether oxygens (including phenoxy) is 2. The quantitative estimate of drug-likeness (QED) is 0.299. The van der Waals surface area contributed by atoms with Crippen LogP contribution >= 0.6 is 0 Å². The molecule has 0 N–H and O–H groups in total. The van der Waals surface area contributed by atoms with Gasteiger partial charge in [-0.15, -0.1) is 0 Å². The van der Waals surface area contributed by atoms with Crippen LogP contribution in [0.5, 0.6) is 11.5 Å². The van der Waals surface area contributed by atoms with Crippen molar-refractivity contribution in [2.24, 2.45) is 0 Å². The Hall–Kier alpha value is -3.44. The van der Waals surface area contributed by atoms with Gasteiger partial charge >= 0.3 is 11.3 Å². The van der Waals surface area contributed by atoms with Crippen LogP contribution in [0.4, 0.5) is 5.69 Å². The zero-order valence-electron chi connectivity index (χ0n) is 17.1. The molecular weight excluding hydrogens is 440 g/mol. The molecule has 1 aliphatic heterocycles. The molecule has 0 bridgehead atoms. The monoisotopic (exact) mass is 460 g/mol. The summed E-state index contributed by atoms with van der Waals surface area (Å²) < 4.78 is 42.8. The van der Waals surface area contributed by atoms with Gasteiger partial charge in [0.1, 0.15) is 17.9 Å². The summed E-state index contributed by atoms with van der Waals surface area (Å²) in [4.78, 5) is 22.7. The summed E-state index contributed by atoms with van der Waals surface area (Å²) in [5.74, 6) is 0.398. The first kappa shape index (κ1) is 21.8. The highest BCUT2D eigenvalue weighted by atomic mass is 32.2. The van der Waals surface area contributed by atoms with Crippen molar-refractivity contribution in [1.29, 1.82) is 0 Å². The van der Waals surface area contributed by atoms with E-state index in [1.54, 1.807) is 18.2 Å². The van der Waals surface area contributed by atoms with Crippen LogP contribution in [0.2, 0.25) is 0 Å². The third-order valence-electron chi connectivity index (χ3n) is 5.25. The van der Waals surface area contributed by atoms with Crippen molar-refractivity contribution < 1.29 is 27.2 Å². The molecule has 4 rings (SSSR count). The average Bonchev–Trinajstić information content (AvgIpc) is 3.32. The van der Waals surface area contributed by atoms with Crippen molar-refractivity contribution in [3.8, 4) is 11.5 Å². The lowest BCUT2D eigenvalue weighted by atomic mass is 10.1. The van der Waals surface area contributed by atoms with Crippen LogP contribution in [0, 0.1) is 10.1 Å². The summed E-state index contributed by atoms with van der Waals surface area (Å²) in [6, 6.07) is 9.73. The highest BCUT2D eigenvalue weighted by Gasteiger charge is 2.30. The molecule has 11 heteroatoms. The highest BCUT2D eigenvalue weighted by molar-refractivity contribution is 7.89. The first-order valence-electron chi connectivity index (χ1n) is 9.82. The maximum absolute atomic E-state index is 12.7. The van der Waals surface area contributed by atoms with Crippen molar-refractivity contribution in [3.05, 3.63) is 68.6 Å². The molecule has 0 unspecified atom stereocenters. The maximum atomic E-state index is 12.7. The number of nitro groups is 1.